The zero-order chi connectivity index (χ0) is 13.3. The molecule has 0 saturated carbocycles. The third kappa shape index (κ3) is 2.62. The van der Waals surface area contributed by atoms with Gasteiger partial charge in [0.05, 0.1) is 16.4 Å². The lowest BCUT2D eigenvalue weighted by Crippen LogP contribution is -2.42. The van der Waals surface area contributed by atoms with Crippen LogP contribution in [0.5, 0.6) is 0 Å². The van der Waals surface area contributed by atoms with E-state index < -0.39 is 0 Å². The first-order valence-corrected chi connectivity index (χ1v) is 7.12. The maximum atomic E-state index is 5.86. The normalized spacial score (nSPS) is 17.5. The fourth-order valence-corrected chi connectivity index (χ4v) is 2.98. The molecule has 0 radical (unpaired) electrons. The van der Waals surface area contributed by atoms with E-state index in [1.165, 1.54) is 12.8 Å². The molecule has 2 N–H and O–H groups in total. The molecule has 1 aliphatic rings. The van der Waals surface area contributed by atoms with Crippen molar-refractivity contribution in [2.75, 3.05) is 37.8 Å². The van der Waals surface area contributed by atoms with Crippen LogP contribution in [0.2, 0.25) is 0 Å². The molecule has 1 aromatic rings. The minimum absolute atomic E-state index is 0.690. The Morgan fingerprint density at radius 1 is 1.39 bits per heavy atom. The molecule has 0 bridgehead atoms. The van der Waals surface area contributed by atoms with Crippen LogP contribution < -0.4 is 10.6 Å². The summed E-state index contributed by atoms with van der Waals surface area (Å²) in [6.45, 7) is 4.13. The van der Waals surface area contributed by atoms with Gasteiger partial charge in [-0.1, -0.05) is 0 Å². The number of halogens is 1. The quantitative estimate of drug-likeness (QED) is 0.910. The predicted molar refractivity (Wildman–Crippen MR) is 80.0 cm³/mol. The Kier molecular flexibility index (Phi) is 4.12. The van der Waals surface area contributed by atoms with Crippen molar-refractivity contribution in [2.24, 2.45) is 0 Å². The molecule has 100 valence electrons. The van der Waals surface area contributed by atoms with E-state index in [1.807, 2.05) is 6.92 Å². The highest BCUT2D eigenvalue weighted by Gasteiger charge is 2.23. The standard InChI is InChI=1S/C13H21BrN4/c1-9-11(15)8-16-13(12(9)14)18-6-4-10(5-7-18)17(2)3/h8,10H,4-7,15H2,1-3H3. The summed E-state index contributed by atoms with van der Waals surface area (Å²) in [6, 6.07) is 0.690. The molecule has 1 saturated heterocycles. The van der Waals surface area contributed by atoms with E-state index in [4.69, 9.17) is 5.73 Å². The summed E-state index contributed by atoms with van der Waals surface area (Å²) >= 11 is 3.62. The van der Waals surface area contributed by atoms with Crippen LogP contribution in [0.15, 0.2) is 10.7 Å². The van der Waals surface area contributed by atoms with Crippen LogP contribution in [0.1, 0.15) is 18.4 Å². The molecule has 1 aliphatic heterocycles. The van der Waals surface area contributed by atoms with E-state index in [0.29, 0.717) is 6.04 Å². The van der Waals surface area contributed by atoms with Gasteiger partial charge in [0.25, 0.3) is 0 Å². The van der Waals surface area contributed by atoms with Crippen LogP contribution in [-0.4, -0.2) is 43.1 Å². The lowest BCUT2D eigenvalue weighted by Gasteiger charge is -2.36. The molecule has 2 heterocycles. The maximum absolute atomic E-state index is 5.86. The van der Waals surface area contributed by atoms with Gasteiger partial charge in [-0.15, -0.1) is 0 Å². The van der Waals surface area contributed by atoms with Crippen LogP contribution in [-0.2, 0) is 0 Å². The van der Waals surface area contributed by atoms with Gasteiger partial charge < -0.3 is 15.5 Å². The smallest absolute Gasteiger partial charge is 0.143 e. The fourth-order valence-electron chi connectivity index (χ4n) is 2.39. The third-order valence-electron chi connectivity index (χ3n) is 3.78. The van der Waals surface area contributed by atoms with Gasteiger partial charge in [0, 0.05) is 19.1 Å². The molecule has 0 spiro atoms. The van der Waals surface area contributed by atoms with Crippen molar-refractivity contribution in [3.8, 4) is 0 Å². The predicted octanol–water partition coefficient (Wildman–Crippen LogP) is 2.27. The number of nitrogens with zero attached hydrogens (tertiary/aromatic N) is 3. The van der Waals surface area contributed by atoms with Crippen LogP contribution in [0.3, 0.4) is 0 Å². The summed E-state index contributed by atoms with van der Waals surface area (Å²) in [5, 5.41) is 0. The summed E-state index contributed by atoms with van der Waals surface area (Å²) in [7, 11) is 4.31. The molecule has 0 unspecified atom stereocenters. The molecular formula is C13H21BrN4. The number of hydrogen-bond acceptors (Lipinski definition) is 4. The molecule has 18 heavy (non-hydrogen) atoms. The Balaban J connectivity index is 2.13. The lowest BCUT2D eigenvalue weighted by molar-refractivity contribution is 0.249. The van der Waals surface area contributed by atoms with E-state index in [0.717, 1.165) is 34.6 Å². The van der Waals surface area contributed by atoms with E-state index in [9.17, 15) is 0 Å². The van der Waals surface area contributed by atoms with Gasteiger partial charge in [0.2, 0.25) is 0 Å². The molecule has 0 atom stereocenters. The minimum atomic E-state index is 0.690. The summed E-state index contributed by atoms with van der Waals surface area (Å²) < 4.78 is 1.03. The van der Waals surface area contributed by atoms with Crippen molar-refractivity contribution >= 4 is 27.4 Å². The highest BCUT2D eigenvalue weighted by Crippen LogP contribution is 2.32. The summed E-state index contributed by atoms with van der Waals surface area (Å²) in [5.74, 6) is 1.03. The number of anilines is 2. The number of piperidine rings is 1. The highest BCUT2D eigenvalue weighted by molar-refractivity contribution is 9.10. The van der Waals surface area contributed by atoms with Gasteiger partial charge in [-0.05, 0) is 55.4 Å². The van der Waals surface area contributed by atoms with E-state index in [2.05, 4.69) is 44.8 Å². The Morgan fingerprint density at radius 3 is 2.56 bits per heavy atom. The summed E-state index contributed by atoms with van der Waals surface area (Å²) in [6.07, 6.45) is 4.13. The van der Waals surface area contributed by atoms with Crippen molar-refractivity contribution in [2.45, 2.75) is 25.8 Å². The summed E-state index contributed by atoms with van der Waals surface area (Å²) in [5.41, 5.74) is 7.69. The van der Waals surface area contributed by atoms with Crippen LogP contribution in [0.25, 0.3) is 0 Å². The fraction of sp³-hybridized carbons (Fsp3) is 0.615. The van der Waals surface area contributed by atoms with Gasteiger partial charge in [0.15, 0.2) is 0 Å². The second kappa shape index (κ2) is 5.45. The second-order valence-electron chi connectivity index (χ2n) is 5.16. The molecule has 5 heteroatoms. The number of rotatable bonds is 2. The van der Waals surface area contributed by atoms with Crippen molar-refractivity contribution < 1.29 is 0 Å². The number of aromatic nitrogens is 1. The average molecular weight is 313 g/mol. The Morgan fingerprint density at radius 2 is 2.00 bits per heavy atom. The zero-order valence-corrected chi connectivity index (χ0v) is 12.9. The zero-order valence-electron chi connectivity index (χ0n) is 11.3. The Hall–Kier alpha value is -0.810. The van der Waals surface area contributed by atoms with Gasteiger partial charge >= 0.3 is 0 Å². The van der Waals surface area contributed by atoms with Crippen molar-refractivity contribution in [1.29, 1.82) is 0 Å². The van der Waals surface area contributed by atoms with Gasteiger partial charge in [-0.25, -0.2) is 4.98 Å². The molecule has 4 nitrogen and oxygen atoms in total. The summed E-state index contributed by atoms with van der Waals surface area (Å²) in [4.78, 5) is 9.13. The maximum Gasteiger partial charge on any atom is 0.143 e. The first-order chi connectivity index (χ1) is 8.50. The molecule has 0 aliphatic carbocycles. The Bertz CT molecular complexity index is 425. The van der Waals surface area contributed by atoms with E-state index >= 15 is 0 Å². The van der Waals surface area contributed by atoms with Crippen LogP contribution >= 0.6 is 15.9 Å². The molecule has 1 fully saturated rings. The highest BCUT2D eigenvalue weighted by atomic mass is 79.9. The number of nitrogen functional groups attached to an aromatic ring is 1. The third-order valence-corrected chi connectivity index (χ3v) is 4.73. The first-order valence-electron chi connectivity index (χ1n) is 6.32. The molecule has 0 aromatic carbocycles. The van der Waals surface area contributed by atoms with E-state index in [-0.39, 0.29) is 0 Å². The first kappa shape index (κ1) is 13.6. The SMILES string of the molecule is Cc1c(N)cnc(N2CCC(N(C)C)CC2)c1Br. The van der Waals surface area contributed by atoms with Crippen molar-refractivity contribution in [1.82, 2.24) is 9.88 Å². The van der Waals surface area contributed by atoms with Gasteiger partial charge in [0.1, 0.15) is 5.82 Å². The number of nitrogens with two attached hydrogens (primary N) is 1. The largest absolute Gasteiger partial charge is 0.397 e. The Labute approximate surface area is 117 Å². The van der Waals surface area contributed by atoms with Crippen molar-refractivity contribution in [3.63, 3.8) is 0 Å². The number of pyridine rings is 1. The monoisotopic (exact) mass is 312 g/mol. The number of hydrogen-bond donors (Lipinski definition) is 1. The molecule has 1 aromatic heterocycles. The van der Waals surface area contributed by atoms with Crippen LogP contribution in [0, 0.1) is 6.92 Å². The molecule has 2 rings (SSSR count). The minimum Gasteiger partial charge on any atom is -0.397 e. The molecular weight excluding hydrogens is 292 g/mol. The average Bonchev–Trinajstić information content (AvgIpc) is 2.36. The van der Waals surface area contributed by atoms with Gasteiger partial charge in [-0.3, -0.25) is 0 Å². The topological polar surface area (TPSA) is 45.4 Å². The second-order valence-corrected chi connectivity index (χ2v) is 5.95. The van der Waals surface area contributed by atoms with Gasteiger partial charge in [-0.2, -0.15) is 0 Å². The lowest BCUT2D eigenvalue weighted by atomic mass is 10.0. The van der Waals surface area contributed by atoms with Crippen LogP contribution in [0.4, 0.5) is 11.5 Å². The van der Waals surface area contributed by atoms with Crippen molar-refractivity contribution in [3.05, 3.63) is 16.2 Å². The van der Waals surface area contributed by atoms with E-state index in [1.54, 1.807) is 6.20 Å². The molecule has 0 amide bonds.